The molecule has 20 heavy (non-hydrogen) atoms. The molecule has 0 amide bonds. The van der Waals surface area contributed by atoms with Crippen LogP contribution in [-0.2, 0) is 11.2 Å². The van der Waals surface area contributed by atoms with E-state index in [0.29, 0.717) is 11.2 Å². The maximum Gasteiger partial charge on any atom is 0.139 e. The predicted molar refractivity (Wildman–Crippen MR) is 82.9 cm³/mol. The monoisotopic (exact) mass is 288 g/mol. The van der Waals surface area contributed by atoms with Gasteiger partial charge in [-0.3, -0.25) is 4.79 Å². The molecule has 0 spiro atoms. The summed E-state index contributed by atoms with van der Waals surface area (Å²) in [5, 5.41) is 4.31. The topological polar surface area (TPSA) is 17.1 Å². The number of hydrogen-bond acceptors (Lipinski definition) is 2. The molecule has 1 nitrogen and oxygen atoms in total. The van der Waals surface area contributed by atoms with Crippen LogP contribution in [0.25, 0.3) is 0 Å². The lowest BCUT2D eigenvalue weighted by Crippen LogP contribution is -2.54. The Labute approximate surface area is 125 Å². The molecular weight excluding hydrogens is 264 g/mol. The molecule has 2 atom stereocenters. The second-order valence-corrected chi connectivity index (χ2v) is 8.89. The largest absolute Gasteiger partial charge is 0.299 e. The van der Waals surface area contributed by atoms with Crippen LogP contribution < -0.4 is 0 Å². The van der Waals surface area contributed by atoms with Crippen LogP contribution >= 0.6 is 11.3 Å². The summed E-state index contributed by atoms with van der Waals surface area (Å²) < 4.78 is 0. The summed E-state index contributed by atoms with van der Waals surface area (Å²) in [6.07, 6.45) is 9.53. The van der Waals surface area contributed by atoms with E-state index in [1.807, 2.05) is 0 Å². The first kappa shape index (κ1) is 13.1. The van der Waals surface area contributed by atoms with E-state index in [4.69, 9.17) is 0 Å². The molecule has 0 aromatic carbocycles. The van der Waals surface area contributed by atoms with Gasteiger partial charge in [-0.1, -0.05) is 6.92 Å². The molecule has 4 aliphatic carbocycles. The Bertz CT molecular complexity index is 502. The first-order chi connectivity index (χ1) is 9.57. The SMILES string of the molecule is CC12CC3CC(C1)CC(C(=O)CCc1ccsc1)(C3)C2. The molecule has 4 fully saturated rings. The number of hydrogen-bond donors (Lipinski definition) is 0. The van der Waals surface area contributed by atoms with Crippen LogP contribution in [0.1, 0.15) is 57.4 Å². The average Bonchev–Trinajstić information content (AvgIpc) is 2.85. The normalized spacial score (nSPS) is 42.0. The Morgan fingerprint density at radius 1 is 1.30 bits per heavy atom. The van der Waals surface area contributed by atoms with Crippen LogP contribution in [0.2, 0.25) is 0 Å². The number of ketones is 1. The quantitative estimate of drug-likeness (QED) is 0.773. The van der Waals surface area contributed by atoms with Gasteiger partial charge in [0.25, 0.3) is 0 Å². The van der Waals surface area contributed by atoms with Crippen molar-refractivity contribution in [3.63, 3.8) is 0 Å². The van der Waals surface area contributed by atoms with Crippen molar-refractivity contribution in [2.24, 2.45) is 22.7 Å². The Hall–Kier alpha value is -0.630. The van der Waals surface area contributed by atoms with E-state index in [-0.39, 0.29) is 5.41 Å². The van der Waals surface area contributed by atoms with Crippen molar-refractivity contribution in [3.8, 4) is 0 Å². The third kappa shape index (κ3) is 2.07. The van der Waals surface area contributed by atoms with Gasteiger partial charge in [0.2, 0.25) is 0 Å². The van der Waals surface area contributed by atoms with E-state index >= 15 is 0 Å². The van der Waals surface area contributed by atoms with Gasteiger partial charge in [0.05, 0.1) is 0 Å². The molecule has 1 aromatic rings. The Balaban J connectivity index is 1.51. The summed E-state index contributed by atoms with van der Waals surface area (Å²) in [7, 11) is 0. The molecule has 0 aliphatic heterocycles. The minimum Gasteiger partial charge on any atom is -0.299 e. The van der Waals surface area contributed by atoms with Crippen LogP contribution in [0, 0.1) is 22.7 Å². The van der Waals surface area contributed by atoms with Gasteiger partial charge in [0, 0.05) is 11.8 Å². The zero-order chi connectivity index (χ0) is 13.8. The Morgan fingerprint density at radius 3 is 2.65 bits per heavy atom. The van der Waals surface area contributed by atoms with E-state index in [9.17, 15) is 4.79 Å². The summed E-state index contributed by atoms with van der Waals surface area (Å²) in [6.45, 7) is 2.45. The first-order valence-corrected chi connectivity index (χ1v) is 9.06. The fourth-order valence-corrected chi connectivity index (χ4v) is 6.71. The minimum absolute atomic E-state index is 0.0782. The maximum atomic E-state index is 12.9. The van der Waals surface area contributed by atoms with Gasteiger partial charge in [-0.05, 0) is 84.6 Å². The van der Waals surface area contributed by atoms with E-state index in [1.165, 1.54) is 44.1 Å². The van der Waals surface area contributed by atoms with Gasteiger partial charge in [0.1, 0.15) is 5.78 Å². The average molecular weight is 288 g/mol. The Morgan fingerprint density at radius 2 is 2.05 bits per heavy atom. The highest BCUT2D eigenvalue weighted by molar-refractivity contribution is 7.07. The van der Waals surface area contributed by atoms with Crippen molar-refractivity contribution in [2.75, 3.05) is 0 Å². The highest BCUT2D eigenvalue weighted by Crippen LogP contribution is 2.65. The second kappa shape index (κ2) is 4.43. The van der Waals surface area contributed by atoms with Crippen molar-refractivity contribution < 1.29 is 4.79 Å². The van der Waals surface area contributed by atoms with Gasteiger partial charge in [-0.15, -0.1) is 0 Å². The number of thiophene rings is 1. The van der Waals surface area contributed by atoms with Gasteiger partial charge in [0.15, 0.2) is 0 Å². The van der Waals surface area contributed by atoms with Crippen LogP contribution in [0.3, 0.4) is 0 Å². The second-order valence-electron chi connectivity index (χ2n) is 8.11. The summed E-state index contributed by atoms with van der Waals surface area (Å²) in [5.74, 6) is 2.29. The number of carbonyl (C=O) groups excluding carboxylic acids is 1. The number of Topliss-reactive ketones (excluding diaryl/α,β-unsaturated/α-hetero) is 1. The summed E-state index contributed by atoms with van der Waals surface area (Å²) in [5.41, 5.74) is 1.91. The lowest BCUT2D eigenvalue weighted by atomic mass is 9.43. The molecular formula is C18H24OS. The summed E-state index contributed by atoms with van der Waals surface area (Å²) in [4.78, 5) is 12.9. The molecule has 0 N–H and O–H groups in total. The summed E-state index contributed by atoms with van der Waals surface area (Å²) in [6, 6.07) is 2.17. The van der Waals surface area contributed by atoms with Gasteiger partial charge in [-0.2, -0.15) is 11.3 Å². The fraction of sp³-hybridized carbons (Fsp3) is 0.722. The molecule has 1 heterocycles. The first-order valence-electron chi connectivity index (χ1n) is 8.11. The van der Waals surface area contributed by atoms with Crippen molar-refractivity contribution in [1.29, 1.82) is 0 Å². The standard InChI is InChI=1S/C18H24OS/c1-17-7-14-6-15(8-17)10-18(9-14,12-17)16(19)3-2-13-4-5-20-11-13/h4-5,11,14-15H,2-3,6-10,12H2,1H3. The molecule has 4 bridgehead atoms. The van der Waals surface area contributed by atoms with Gasteiger partial charge in [-0.25, -0.2) is 0 Å². The highest BCUT2D eigenvalue weighted by atomic mass is 32.1. The minimum atomic E-state index is 0.0782. The summed E-state index contributed by atoms with van der Waals surface area (Å²) >= 11 is 1.74. The van der Waals surface area contributed by atoms with E-state index in [1.54, 1.807) is 11.3 Å². The van der Waals surface area contributed by atoms with Gasteiger partial charge < -0.3 is 0 Å². The van der Waals surface area contributed by atoms with Crippen molar-refractivity contribution in [2.45, 2.75) is 58.3 Å². The van der Waals surface area contributed by atoms with Gasteiger partial charge >= 0.3 is 0 Å². The molecule has 1 aromatic heterocycles. The zero-order valence-electron chi connectivity index (χ0n) is 12.4. The molecule has 0 radical (unpaired) electrons. The fourth-order valence-electron chi connectivity index (χ4n) is 6.00. The molecule has 4 saturated carbocycles. The van der Waals surface area contributed by atoms with E-state index in [2.05, 4.69) is 23.8 Å². The zero-order valence-corrected chi connectivity index (χ0v) is 13.2. The van der Waals surface area contributed by atoms with Crippen LogP contribution in [-0.4, -0.2) is 5.78 Å². The molecule has 2 heteroatoms. The highest BCUT2D eigenvalue weighted by Gasteiger charge is 2.58. The van der Waals surface area contributed by atoms with Crippen molar-refractivity contribution >= 4 is 17.1 Å². The molecule has 4 aliphatic rings. The molecule has 5 rings (SSSR count). The third-order valence-corrected chi connectivity index (χ3v) is 6.90. The van der Waals surface area contributed by atoms with E-state index in [0.717, 1.165) is 24.7 Å². The number of aryl methyl sites for hydroxylation is 1. The smallest absolute Gasteiger partial charge is 0.139 e. The van der Waals surface area contributed by atoms with Crippen LogP contribution in [0.15, 0.2) is 16.8 Å². The van der Waals surface area contributed by atoms with E-state index < -0.39 is 0 Å². The number of carbonyl (C=O) groups is 1. The predicted octanol–water partition coefficient (Wildman–Crippen LogP) is 4.86. The van der Waals surface area contributed by atoms with Crippen molar-refractivity contribution in [3.05, 3.63) is 22.4 Å². The molecule has 2 unspecified atom stereocenters. The van der Waals surface area contributed by atoms with Crippen molar-refractivity contribution in [1.82, 2.24) is 0 Å². The van der Waals surface area contributed by atoms with Crippen LogP contribution in [0.5, 0.6) is 0 Å². The Kier molecular flexibility index (Phi) is 2.89. The maximum absolute atomic E-state index is 12.9. The molecule has 108 valence electrons. The third-order valence-electron chi connectivity index (χ3n) is 6.17. The van der Waals surface area contributed by atoms with Crippen LogP contribution in [0.4, 0.5) is 0 Å². The lowest BCUT2D eigenvalue weighted by molar-refractivity contribution is -0.153. The lowest BCUT2D eigenvalue weighted by Gasteiger charge is -2.60. The molecule has 0 saturated heterocycles. The number of rotatable bonds is 4.